The molecule has 0 unspecified atom stereocenters. The van der Waals surface area contributed by atoms with Crippen LogP contribution in [0.3, 0.4) is 0 Å². The third kappa shape index (κ3) is 3.27. The first-order chi connectivity index (χ1) is 10.6. The molecular formula is C12H6F4N2O3S2. The summed E-state index contributed by atoms with van der Waals surface area (Å²) in [6.45, 7) is 1.62. The van der Waals surface area contributed by atoms with Gasteiger partial charge in [0, 0.05) is 5.56 Å². The topological polar surface area (TPSA) is 80.0 Å². The van der Waals surface area contributed by atoms with E-state index in [0.717, 1.165) is 6.07 Å². The summed E-state index contributed by atoms with van der Waals surface area (Å²) in [4.78, 5) is -0.127. The molecule has 0 bridgehead atoms. The number of hydrogen-bond donors (Lipinski definition) is 0. The standard InChI is InChI=1S/C12H6F4N2O3S2/c1-6-2-3-7(9(13)4-6)10-8(5-17)11(18-22-10)21-23(19,20)12(14,15)16/h2-4H,1H3. The normalized spacial score (nSPS) is 12.0. The van der Waals surface area contributed by atoms with Crippen molar-refractivity contribution in [1.29, 1.82) is 5.26 Å². The van der Waals surface area contributed by atoms with E-state index in [2.05, 4.69) is 8.56 Å². The number of nitrogens with zero attached hydrogens (tertiary/aromatic N) is 2. The van der Waals surface area contributed by atoms with E-state index in [9.17, 15) is 26.0 Å². The van der Waals surface area contributed by atoms with Gasteiger partial charge >= 0.3 is 15.6 Å². The minimum absolute atomic E-state index is 0.0936. The molecule has 0 atom stereocenters. The molecule has 0 amide bonds. The first-order valence-corrected chi connectivity index (χ1v) is 7.92. The molecule has 5 nitrogen and oxygen atoms in total. The van der Waals surface area contributed by atoms with Gasteiger partial charge in [-0.15, -0.1) is 0 Å². The molecule has 0 aliphatic heterocycles. The molecule has 2 rings (SSSR count). The maximum absolute atomic E-state index is 13.9. The Morgan fingerprint density at radius 1 is 1.35 bits per heavy atom. The number of benzene rings is 1. The molecule has 11 heteroatoms. The maximum Gasteiger partial charge on any atom is 0.534 e. The Hall–Kier alpha value is -2.19. The number of alkyl halides is 3. The highest BCUT2D eigenvalue weighted by Crippen LogP contribution is 2.37. The lowest BCUT2D eigenvalue weighted by Gasteiger charge is -2.07. The van der Waals surface area contributed by atoms with Crippen molar-refractivity contribution >= 4 is 21.7 Å². The molecule has 0 saturated heterocycles. The van der Waals surface area contributed by atoms with Gasteiger partial charge in [0.15, 0.2) is 0 Å². The van der Waals surface area contributed by atoms with E-state index < -0.39 is 32.9 Å². The number of hydrogen-bond acceptors (Lipinski definition) is 6. The van der Waals surface area contributed by atoms with Gasteiger partial charge in [-0.2, -0.15) is 31.2 Å². The first-order valence-electron chi connectivity index (χ1n) is 5.74. The average molecular weight is 366 g/mol. The summed E-state index contributed by atoms with van der Waals surface area (Å²) < 4.78 is 80.1. The fourth-order valence-electron chi connectivity index (χ4n) is 1.57. The van der Waals surface area contributed by atoms with Crippen LogP contribution < -0.4 is 4.18 Å². The van der Waals surface area contributed by atoms with E-state index in [1.807, 2.05) is 0 Å². The quantitative estimate of drug-likeness (QED) is 0.473. The van der Waals surface area contributed by atoms with E-state index in [-0.39, 0.29) is 10.4 Å². The van der Waals surface area contributed by atoms with Crippen LogP contribution in [-0.2, 0) is 10.1 Å². The fraction of sp³-hybridized carbons (Fsp3) is 0.167. The largest absolute Gasteiger partial charge is 0.534 e. The highest BCUT2D eigenvalue weighted by atomic mass is 32.2. The van der Waals surface area contributed by atoms with Crippen LogP contribution in [0.4, 0.5) is 17.6 Å². The van der Waals surface area contributed by atoms with Crippen LogP contribution in [0.5, 0.6) is 5.88 Å². The van der Waals surface area contributed by atoms with Gasteiger partial charge in [-0.05, 0) is 30.1 Å². The Morgan fingerprint density at radius 3 is 2.52 bits per heavy atom. The Morgan fingerprint density at radius 2 is 2.00 bits per heavy atom. The minimum Gasteiger partial charge on any atom is -0.353 e. The molecule has 122 valence electrons. The highest BCUT2D eigenvalue weighted by molar-refractivity contribution is 7.88. The maximum atomic E-state index is 13.9. The van der Waals surface area contributed by atoms with Gasteiger partial charge in [0.1, 0.15) is 17.4 Å². The molecule has 1 aromatic carbocycles. The second-order valence-corrected chi connectivity index (χ2v) is 6.58. The van der Waals surface area contributed by atoms with Crippen molar-refractivity contribution in [1.82, 2.24) is 4.37 Å². The van der Waals surface area contributed by atoms with Crippen LogP contribution in [0, 0.1) is 24.1 Å². The van der Waals surface area contributed by atoms with Crippen molar-refractivity contribution in [2.45, 2.75) is 12.4 Å². The summed E-state index contributed by atoms with van der Waals surface area (Å²) in [6, 6.07) is 5.47. The van der Waals surface area contributed by atoms with Gasteiger partial charge in [0.2, 0.25) is 0 Å². The molecule has 0 N–H and O–H groups in total. The van der Waals surface area contributed by atoms with Gasteiger partial charge in [-0.3, -0.25) is 0 Å². The summed E-state index contributed by atoms with van der Waals surface area (Å²) in [5, 5.41) is 9.03. The lowest BCUT2D eigenvalue weighted by atomic mass is 10.1. The predicted molar refractivity (Wildman–Crippen MR) is 72.6 cm³/mol. The van der Waals surface area contributed by atoms with Gasteiger partial charge in [-0.1, -0.05) is 12.1 Å². The third-order valence-electron chi connectivity index (χ3n) is 2.61. The second kappa shape index (κ2) is 5.78. The Balaban J connectivity index is 2.52. The molecular weight excluding hydrogens is 360 g/mol. The van der Waals surface area contributed by atoms with Gasteiger partial charge in [0.05, 0.1) is 4.88 Å². The number of rotatable bonds is 3. The SMILES string of the molecule is Cc1ccc(-c2snc(OS(=O)(=O)C(F)(F)F)c2C#N)c(F)c1. The van der Waals surface area contributed by atoms with Crippen LogP contribution in [0.1, 0.15) is 11.1 Å². The van der Waals surface area contributed by atoms with Gasteiger partial charge in [0.25, 0.3) is 5.88 Å². The van der Waals surface area contributed by atoms with Crippen molar-refractivity contribution in [3.05, 3.63) is 35.1 Å². The fourth-order valence-corrected chi connectivity index (χ4v) is 2.83. The summed E-state index contributed by atoms with van der Waals surface area (Å²) in [6.07, 6.45) is 0. The zero-order chi connectivity index (χ0) is 17.4. The molecule has 0 radical (unpaired) electrons. The van der Waals surface area contributed by atoms with Crippen molar-refractivity contribution in [2.24, 2.45) is 0 Å². The number of aryl methyl sites for hydroxylation is 1. The lowest BCUT2D eigenvalue weighted by Crippen LogP contribution is -2.28. The minimum atomic E-state index is -5.97. The highest BCUT2D eigenvalue weighted by Gasteiger charge is 2.49. The molecule has 0 fully saturated rings. The predicted octanol–water partition coefficient (Wildman–Crippen LogP) is 3.36. The van der Waals surface area contributed by atoms with Crippen LogP contribution >= 0.6 is 11.5 Å². The summed E-state index contributed by atoms with van der Waals surface area (Å²) in [5.74, 6) is -1.76. The number of halogens is 4. The molecule has 1 aromatic heterocycles. The van der Waals surface area contributed by atoms with E-state index in [1.54, 1.807) is 6.92 Å². The Kier molecular flexibility index (Phi) is 4.32. The van der Waals surface area contributed by atoms with Crippen molar-refractivity contribution in [3.8, 4) is 22.4 Å². The average Bonchev–Trinajstić information content (AvgIpc) is 2.79. The third-order valence-corrected chi connectivity index (χ3v) is 4.42. The summed E-state index contributed by atoms with van der Waals surface area (Å²) in [7, 11) is -5.97. The molecule has 1 heterocycles. The molecule has 0 spiro atoms. The smallest absolute Gasteiger partial charge is 0.353 e. The number of nitriles is 1. The van der Waals surface area contributed by atoms with Crippen LogP contribution in [0.15, 0.2) is 18.2 Å². The number of aromatic nitrogens is 1. The summed E-state index contributed by atoms with van der Waals surface area (Å²) >= 11 is 0.456. The summed E-state index contributed by atoms with van der Waals surface area (Å²) in [5.41, 5.74) is -5.77. The lowest BCUT2D eigenvalue weighted by molar-refractivity contribution is -0.0501. The van der Waals surface area contributed by atoms with Crippen LogP contribution in [0.25, 0.3) is 10.4 Å². The van der Waals surface area contributed by atoms with E-state index in [0.29, 0.717) is 17.1 Å². The van der Waals surface area contributed by atoms with Crippen molar-refractivity contribution in [3.63, 3.8) is 0 Å². The van der Waals surface area contributed by atoms with Gasteiger partial charge in [-0.25, -0.2) is 4.39 Å². The van der Waals surface area contributed by atoms with Crippen LogP contribution in [-0.4, -0.2) is 18.3 Å². The molecule has 23 heavy (non-hydrogen) atoms. The molecule has 0 aliphatic rings. The zero-order valence-corrected chi connectivity index (χ0v) is 12.8. The first kappa shape index (κ1) is 17.2. The second-order valence-electron chi connectivity index (χ2n) is 4.27. The molecule has 2 aromatic rings. The van der Waals surface area contributed by atoms with E-state index in [4.69, 9.17) is 5.26 Å². The molecule has 0 saturated carbocycles. The van der Waals surface area contributed by atoms with Crippen LogP contribution in [0.2, 0.25) is 0 Å². The Labute approximate surface area is 132 Å². The Bertz CT molecular complexity index is 898. The van der Waals surface area contributed by atoms with Crippen molar-refractivity contribution in [2.75, 3.05) is 0 Å². The van der Waals surface area contributed by atoms with E-state index >= 15 is 0 Å². The monoisotopic (exact) mass is 366 g/mol. The van der Waals surface area contributed by atoms with Gasteiger partial charge < -0.3 is 4.18 Å². The van der Waals surface area contributed by atoms with Crippen molar-refractivity contribution < 1.29 is 30.2 Å². The zero-order valence-electron chi connectivity index (χ0n) is 11.2. The van der Waals surface area contributed by atoms with E-state index in [1.165, 1.54) is 18.2 Å². The molecule has 0 aliphatic carbocycles.